The van der Waals surface area contributed by atoms with E-state index in [0.29, 0.717) is 12.0 Å². The van der Waals surface area contributed by atoms with E-state index >= 15 is 0 Å². The average molecular weight is 239 g/mol. The Labute approximate surface area is 101 Å². The van der Waals surface area contributed by atoms with Crippen molar-refractivity contribution in [1.29, 1.82) is 0 Å². The highest BCUT2D eigenvalue weighted by molar-refractivity contribution is 5.66. The maximum atomic E-state index is 13.1. The van der Waals surface area contributed by atoms with E-state index in [1.165, 1.54) is 6.07 Å². The van der Waals surface area contributed by atoms with Crippen molar-refractivity contribution in [3.05, 3.63) is 29.6 Å². The second kappa shape index (κ2) is 6.23. The largest absolute Gasteiger partial charge is 0.481 e. The fraction of sp³-hybridized carbons (Fsp3) is 0.462. The zero-order valence-electron chi connectivity index (χ0n) is 10.2. The highest BCUT2D eigenvalue weighted by Crippen LogP contribution is 2.17. The van der Waals surface area contributed by atoms with Gasteiger partial charge in [0.2, 0.25) is 0 Å². The smallest absolute Gasteiger partial charge is 0.303 e. The molecular formula is C13H18FNO2. The second-order valence-corrected chi connectivity index (χ2v) is 4.21. The van der Waals surface area contributed by atoms with Gasteiger partial charge in [-0.15, -0.1) is 0 Å². The van der Waals surface area contributed by atoms with Gasteiger partial charge in [-0.3, -0.25) is 4.79 Å². The summed E-state index contributed by atoms with van der Waals surface area (Å²) in [5.74, 6) is -0.960. The number of nitrogens with zero attached hydrogens (tertiary/aromatic N) is 1. The summed E-state index contributed by atoms with van der Waals surface area (Å²) < 4.78 is 13.1. The summed E-state index contributed by atoms with van der Waals surface area (Å²) >= 11 is 0. The van der Waals surface area contributed by atoms with Crippen LogP contribution in [0.5, 0.6) is 0 Å². The Morgan fingerprint density at radius 2 is 2.12 bits per heavy atom. The topological polar surface area (TPSA) is 40.5 Å². The predicted molar refractivity (Wildman–Crippen MR) is 65.9 cm³/mol. The lowest BCUT2D eigenvalue weighted by Crippen LogP contribution is -2.18. The monoisotopic (exact) mass is 239 g/mol. The predicted octanol–water partition coefficient (Wildman–Crippen LogP) is 2.83. The van der Waals surface area contributed by atoms with Gasteiger partial charge in [0.05, 0.1) is 0 Å². The normalized spacial score (nSPS) is 10.3. The zero-order chi connectivity index (χ0) is 12.8. The number of unbranched alkanes of at least 4 members (excludes halogenated alkanes) is 1. The standard InChI is InChI=1S/C13H18FNO2/c1-10-9-11(6-7-12(10)14)15(2)8-4-3-5-13(16)17/h6-7,9H,3-5,8H2,1-2H3,(H,16,17). The molecule has 0 spiro atoms. The molecule has 3 nitrogen and oxygen atoms in total. The van der Waals surface area contributed by atoms with Crippen LogP contribution in [0.1, 0.15) is 24.8 Å². The van der Waals surface area contributed by atoms with Crippen molar-refractivity contribution in [1.82, 2.24) is 0 Å². The first-order chi connectivity index (χ1) is 8.00. The SMILES string of the molecule is Cc1cc(N(C)CCCCC(=O)O)ccc1F. The molecule has 0 radical (unpaired) electrons. The lowest BCUT2D eigenvalue weighted by atomic mass is 10.2. The molecule has 0 atom stereocenters. The van der Waals surface area contributed by atoms with E-state index in [-0.39, 0.29) is 12.2 Å². The van der Waals surface area contributed by atoms with Crippen molar-refractivity contribution in [3.63, 3.8) is 0 Å². The molecule has 1 rings (SSSR count). The van der Waals surface area contributed by atoms with Gasteiger partial charge >= 0.3 is 5.97 Å². The number of benzene rings is 1. The molecule has 0 fully saturated rings. The van der Waals surface area contributed by atoms with Crippen molar-refractivity contribution in [2.75, 3.05) is 18.5 Å². The Morgan fingerprint density at radius 3 is 2.71 bits per heavy atom. The van der Waals surface area contributed by atoms with Crippen molar-refractivity contribution >= 4 is 11.7 Å². The van der Waals surface area contributed by atoms with E-state index in [4.69, 9.17) is 5.11 Å². The number of hydrogen-bond acceptors (Lipinski definition) is 2. The van der Waals surface area contributed by atoms with Gasteiger partial charge in [0.25, 0.3) is 0 Å². The van der Waals surface area contributed by atoms with Gasteiger partial charge in [0.1, 0.15) is 5.82 Å². The molecule has 1 aromatic carbocycles. The van der Waals surface area contributed by atoms with Crippen molar-refractivity contribution in [2.24, 2.45) is 0 Å². The highest BCUT2D eigenvalue weighted by atomic mass is 19.1. The molecule has 0 saturated heterocycles. The van der Waals surface area contributed by atoms with Crippen LogP contribution in [0.15, 0.2) is 18.2 Å². The second-order valence-electron chi connectivity index (χ2n) is 4.21. The van der Waals surface area contributed by atoms with Crippen LogP contribution in [0.4, 0.5) is 10.1 Å². The van der Waals surface area contributed by atoms with Gasteiger partial charge in [-0.1, -0.05) is 0 Å². The fourth-order valence-corrected chi connectivity index (χ4v) is 1.62. The molecule has 0 unspecified atom stereocenters. The van der Waals surface area contributed by atoms with Crippen molar-refractivity contribution in [2.45, 2.75) is 26.2 Å². The molecule has 17 heavy (non-hydrogen) atoms. The molecule has 1 aromatic rings. The molecule has 4 heteroatoms. The number of hydrogen-bond donors (Lipinski definition) is 1. The van der Waals surface area contributed by atoms with E-state index in [2.05, 4.69) is 0 Å². The first kappa shape index (κ1) is 13.5. The third-order valence-corrected chi connectivity index (χ3v) is 2.72. The fourth-order valence-electron chi connectivity index (χ4n) is 1.62. The summed E-state index contributed by atoms with van der Waals surface area (Å²) in [6.45, 7) is 2.51. The maximum absolute atomic E-state index is 13.1. The number of carboxylic acids is 1. The molecule has 94 valence electrons. The molecule has 0 aliphatic rings. The zero-order valence-corrected chi connectivity index (χ0v) is 10.2. The Kier molecular flexibility index (Phi) is 4.94. The van der Waals surface area contributed by atoms with Gasteiger partial charge in [-0.05, 0) is 43.5 Å². The number of halogens is 1. The highest BCUT2D eigenvalue weighted by Gasteiger charge is 2.04. The van der Waals surface area contributed by atoms with E-state index < -0.39 is 5.97 Å². The van der Waals surface area contributed by atoms with Crippen LogP contribution in [0.2, 0.25) is 0 Å². The minimum absolute atomic E-state index is 0.201. The summed E-state index contributed by atoms with van der Waals surface area (Å²) in [5, 5.41) is 8.51. The molecule has 0 heterocycles. The van der Waals surface area contributed by atoms with Gasteiger partial charge in [0, 0.05) is 25.7 Å². The number of carboxylic acid groups (broad SMARTS) is 1. The molecule has 0 amide bonds. The Morgan fingerprint density at radius 1 is 1.41 bits per heavy atom. The van der Waals surface area contributed by atoms with E-state index in [1.54, 1.807) is 19.1 Å². The summed E-state index contributed by atoms with van der Waals surface area (Å²) in [5.41, 5.74) is 1.58. The number of carbonyl (C=O) groups is 1. The van der Waals surface area contributed by atoms with E-state index in [9.17, 15) is 9.18 Å². The van der Waals surface area contributed by atoms with Crippen LogP contribution in [0.25, 0.3) is 0 Å². The quantitative estimate of drug-likeness (QED) is 0.776. The number of anilines is 1. The number of aliphatic carboxylic acids is 1. The van der Waals surface area contributed by atoms with Gasteiger partial charge in [-0.25, -0.2) is 4.39 Å². The number of aryl methyl sites for hydroxylation is 1. The summed E-state index contributed by atoms with van der Waals surface area (Å²) in [4.78, 5) is 12.3. The van der Waals surface area contributed by atoms with Crippen molar-refractivity contribution in [3.8, 4) is 0 Å². The van der Waals surface area contributed by atoms with Gasteiger partial charge in [-0.2, -0.15) is 0 Å². The number of rotatable bonds is 6. The van der Waals surface area contributed by atoms with Gasteiger partial charge in [0.15, 0.2) is 0 Å². The first-order valence-electron chi connectivity index (χ1n) is 5.70. The van der Waals surface area contributed by atoms with Gasteiger partial charge < -0.3 is 10.0 Å². The average Bonchev–Trinajstić information content (AvgIpc) is 2.27. The molecule has 1 N–H and O–H groups in total. The minimum Gasteiger partial charge on any atom is -0.481 e. The molecular weight excluding hydrogens is 221 g/mol. The molecule has 0 aromatic heterocycles. The van der Waals surface area contributed by atoms with Crippen LogP contribution in [0, 0.1) is 12.7 Å². The van der Waals surface area contributed by atoms with Crippen LogP contribution in [0.3, 0.4) is 0 Å². The molecule has 0 saturated carbocycles. The molecule has 0 aliphatic carbocycles. The maximum Gasteiger partial charge on any atom is 0.303 e. The third kappa shape index (κ3) is 4.43. The molecule has 0 aliphatic heterocycles. The van der Waals surface area contributed by atoms with Crippen LogP contribution < -0.4 is 4.90 Å². The Hall–Kier alpha value is -1.58. The van der Waals surface area contributed by atoms with Crippen LogP contribution in [-0.4, -0.2) is 24.7 Å². The lowest BCUT2D eigenvalue weighted by Gasteiger charge is -2.19. The summed E-state index contributed by atoms with van der Waals surface area (Å²) in [7, 11) is 1.92. The minimum atomic E-state index is -0.759. The van der Waals surface area contributed by atoms with E-state index in [0.717, 1.165) is 18.7 Å². The summed E-state index contributed by atoms with van der Waals surface area (Å²) in [6, 6.07) is 4.99. The van der Waals surface area contributed by atoms with E-state index in [1.807, 2.05) is 11.9 Å². The summed E-state index contributed by atoms with van der Waals surface area (Å²) in [6.07, 6.45) is 1.69. The first-order valence-corrected chi connectivity index (χ1v) is 5.70. The lowest BCUT2D eigenvalue weighted by molar-refractivity contribution is -0.137. The van der Waals surface area contributed by atoms with Crippen LogP contribution in [-0.2, 0) is 4.79 Å². The Bertz CT molecular complexity index is 393. The van der Waals surface area contributed by atoms with Crippen LogP contribution >= 0.6 is 0 Å². The Balaban J connectivity index is 2.44. The third-order valence-electron chi connectivity index (χ3n) is 2.72. The molecule has 0 bridgehead atoms. The van der Waals surface area contributed by atoms with Crippen molar-refractivity contribution < 1.29 is 14.3 Å².